The molecule has 1 aliphatic rings. The first-order valence-corrected chi connectivity index (χ1v) is 8.14. The van der Waals surface area contributed by atoms with E-state index in [4.69, 9.17) is 11.5 Å². The van der Waals surface area contributed by atoms with Crippen LogP contribution in [0, 0.1) is 0 Å². The van der Waals surface area contributed by atoms with Crippen molar-refractivity contribution < 1.29 is 15.0 Å². The van der Waals surface area contributed by atoms with E-state index in [9.17, 15) is 15.0 Å². The zero-order chi connectivity index (χ0) is 18.2. The van der Waals surface area contributed by atoms with Crippen LogP contribution in [-0.4, -0.2) is 71.9 Å². The number of nitrogen functional groups attached to an aromatic ring is 1. The number of carbonyl (C=O) groups is 1. The molecule has 6 N–H and O–H groups in total. The Balaban J connectivity index is 2.03. The first kappa shape index (κ1) is 17.5. The molecule has 136 valence electrons. The highest BCUT2D eigenvalue weighted by Gasteiger charge is 2.41. The molecule has 0 unspecified atom stereocenters. The SMILES string of the molecule is C[C@@]1(O)C[C@H](O)CN(C(=O)CCN)C[C@H]1n1cnc2c(N)ncnc21. The Labute approximate surface area is 144 Å². The van der Waals surface area contributed by atoms with Crippen LogP contribution >= 0.6 is 0 Å². The number of amides is 1. The van der Waals surface area contributed by atoms with E-state index < -0.39 is 17.7 Å². The van der Waals surface area contributed by atoms with Crippen molar-refractivity contribution in [2.45, 2.75) is 37.5 Å². The van der Waals surface area contributed by atoms with Gasteiger partial charge in [-0.05, 0) is 6.92 Å². The monoisotopic (exact) mass is 349 g/mol. The number of fused-ring (bicyclic) bond motifs is 1. The largest absolute Gasteiger partial charge is 0.391 e. The quantitative estimate of drug-likeness (QED) is 0.529. The lowest BCUT2D eigenvalue weighted by Gasteiger charge is -2.34. The van der Waals surface area contributed by atoms with Gasteiger partial charge in [0, 0.05) is 32.5 Å². The van der Waals surface area contributed by atoms with Gasteiger partial charge in [-0.1, -0.05) is 0 Å². The first-order valence-electron chi connectivity index (χ1n) is 8.14. The predicted molar refractivity (Wildman–Crippen MR) is 90.3 cm³/mol. The number of aliphatic hydroxyl groups excluding tert-OH is 1. The summed E-state index contributed by atoms with van der Waals surface area (Å²) in [5.41, 5.74) is 10.9. The van der Waals surface area contributed by atoms with Crippen LogP contribution in [0.2, 0.25) is 0 Å². The number of likely N-dealkylation sites (tertiary alicyclic amines) is 1. The highest BCUT2D eigenvalue weighted by atomic mass is 16.3. The van der Waals surface area contributed by atoms with Crippen LogP contribution in [0.3, 0.4) is 0 Å². The van der Waals surface area contributed by atoms with Crippen molar-refractivity contribution in [3.63, 3.8) is 0 Å². The molecule has 10 heteroatoms. The van der Waals surface area contributed by atoms with Crippen LogP contribution < -0.4 is 11.5 Å². The molecule has 0 saturated carbocycles. The van der Waals surface area contributed by atoms with Crippen molar-refractivity contribution in [2.75, 3.05) is 25.4 Å². The third-order valence-electron chi connectivity index (χ3n) is 4.62. The summed E-state index contributed by atoms with van der Waals surface area (Å²) in [5, 5.41) is 21.2. The second-order valence-electron chi connectivity index (χ2n) is 6.65. The van der Waals surface area contributed by atoms with E-state index in [1.54, 1.807) is 11.5 Å². The Morgan fingerprint density at radius 1 is 1.40 bits per heavy atom. The Morgan fingerprint density at radius 3 is 2.88 bits per heavy atom. The van der Waals surface area contributed by atoms with Gasteiger partial charge in [-0.15, -0.1) is 0 Å². The number of hydrogen-bond acceptors (Lipinski definition) is 8. The van der Waals surface area contributed by atoms with Gasteiger partial charge < -0.3 is 31.1 Å². The molecule has 0 aromatic carbocycles. The maximum Gasteiger partial charge on any atom is 0.224 e. The third kappa shape index (κ3) is 3.28. The lowest BCUT2D eigenvalue weighted by Crippen LogP contribution is -2.43. The van der Waals surface area contributed by atoms with E-state index in [2.05, 4.69) is 15.0 Å². The van der Waals surface area contributed by atoms with Gasteiger partial charge in [-0.3, -0.25) is 4.79 Å². The second kappa shape index (κ2) is 6.54. The number of β-amino-alcohol motifs (C(OH)–C–C–N with tert-alkyl or cyclic N) is 1. The number of anilines is 1. The number of carbonyl (C=O) groups excluding carboxylic acids is 1. The van der Waals surface area contributed by atoms with E-state index in [1.165, 1.54) is 17.6 Å². The van der Waals surface area contributed by atoms with Crippen molar-refractivity contribution in [1.82, 2.24) is 24.4 Å². The second-order valence-corrected chi connectivity index (χ2v) is 6.65. The van der Waals surface area contributed by atoms with E-state index in [1.807, 2.05) is 0 Å². The highest BCUT2D eigenvalue weighted by molar-refractivity contribution is 5.81. The summed E-state index contributed by atoms with van der Waals surface area (Å²) in [6, 6.07) is -0.550. The van der Waals surface area contributed by atoms with Crippen LogP contribution in [0.4, 0.5) is 5.82 Å². The van der Waals surface area contributed by atoms with Crippen LogP contribution in [0.1, 0.15) is 25.8 Å². The minimum Gasteiger partial charge on any atom is -0.391 e. The molecule has 0 aliphatic carbocycles. The van der Waals surface area contributed by atoms with Crippen molar-refractivity contribution >= 4 is 22.9 Å². The summed E-state index contributed by atoms with van der Waals surface area (Å²) in [5.74, 6) is 0.0796. The van der Waals surface area contributed by atoms with Crippen LogP contribution in [0.15, 0.2) is 12.7 Å². The third-order valence-corrected chi connectivity index (χ3v) is 4.62. The van der Waals surface area contributed by atoms with Gasteiger partial charge >= 0.3 is 0 Å². The van der Waals surface area contributed by atoms with E-state index in [0.717, 1.165) is 0 Å². The minimum atomic E-state index is -1.27. The Kier molecular flexibility index (Phi) is 4.58. The summed E-state index contributed by atoms with van der Waals surface area (Å²) >= 11 is 0. The molecule has 0 spiro atoms. The normalized spacial score (nSPS) is 27.4. The molecular formula is C15H23N7O3. The number of hydrogen-bond donors (Lipinski definition) is 4. The standard InChI is InChI=1S/C15H23N7O3/c1-15(25)4-9(23)5-21(11(24)2-3-16)6-10(15)22-8-20-12-13(17)18-7-19-14(12)22/h7-10,23,25H,2-6,16H2,1H3,(H2,17,18,19)/t9-,10+,15+/m0/s1. The fraction of sp³-hybridized carbons (Fsp3) is 0.600. The summed E-state index contributed by atoms with van der Waals surface area (Å²) < 4.78 is 1.69. The van der Waals surface area contributed by atoms with Gasteiger partial charge in [0.25, 0.3) is 0 Å². The first-order chi connectivity index (χ1) is 11.8. The zero-order valence-corrected chi connectivity index (χ0v) is 14.0. The molecule has 10 nitrogen and oxygen atoms in total. The van der Waals surface area contributed by atoms with Crippen molar-refractivity contribution in [2.24, 2.45) is 5.73 Å². The Hall–Kier alpha value is -2.30. The number of rotatable bonds is 3. The molecule has 0 radical (unpaired) electrons. The fourth-order valence-electron chi connectivity index (χ4n) is 3.38. The minimum absolute atomic E-state index is 0.115. The maximum absolute atomic E-state index is 12.3. The smallest absolute Gasteiger partial charge is 0.224 e. The van der Waals surface area contributed by atoms with Gasteiger partial charge in [0.15, 0.2) is 11.5 Å². The molecule has 25 heavy (non-hydrogen) atoms. The van der Waals surface area contributed by atoms with Crippen LogP contribution in [0.25, 0.3) is 11.2 Å². The highest BCUT2D eigenvalue weighted by Crippen LogP contribution is 2.34. The summed E-state index contributed by atoms with van der Waals surface area (Å²) in [6.45, 7) is 2.21. The molecule has 1 amide bonds. The van der Waals surface area contributed by atoms with Crippen LogP contribution in [-0.2, 0) is 4.79 Å². The fourth-order valence-corrected chi connectivity index (χ4v) is 3.38. The molecule has 1 saturated heterocycles. The molecule has 1 fully saturated rings. The molecule has 0 bridgehead atoms. The van der Waals surface area contributed by atoms with Crippen molar-refractivity contribution in [1.29, 1.82) is 0 Å². The summed E-state index contributed by atoms with van der Waals surface area (Å²) in [4.78, 5) is 26.2. The molecular weight excluding hydrogens is 326 g/mol. The van der Waals surface area contributed by atoms with Gasteiger partial charge in [0.05, 0.1) is 24.1 Å². The molecule has 2 aromatic heterocycles. The van der Waals surface area contributed by atoms with Gasteiger partial charge in [-0.2, -0.15) is 0 Å². The van der Waals surface area contributed by atoms with Gasteiger partial charge in [-0.25, -0.2) is 15.0 Å². The maximum atomic E-state index is 12.3. The average Bonchev–Trinajstić information content (AvgIpc) is 2.90. The number of nitrogens with two attached hydrogens (primary N) is 2. The Morgan fingerprint density at radius 2 is 2.16 bits per heavy atom. The number of imidazole rings is 1. The zero-order valence-electron chi connectivity index (χ0n) is 14.0. The number of aromatic nitrogens is 4. The lowest BCUT2D eigenvalue weighted by atomic mass is 9.91. The lowest BCUT2D eigenvalue weighted by molar-refractivity contribution is -0.132. The van der Waals surface area contributed by atoms with E-state index in [0.29, 0.717) is 11.2 Å². The van der Waals surface area contributed by atoms with Gasteiger partial charge in [0.2, 0.25) is 5.91 Å². The number of nitrogens with zero attached hydrogens (tertiary/aromatic N) is 5. The van der Waals surface area contributed by atoms with E-state index >= 15 is 0 Å². The molecule has 3 atom stereocenters. The molecule has 1 aliphatic heterocycles. The molecule has 3 rings (SSSR count). The average molecular weight is 349 g/mol. The Bertz CT molecular complexity index is 776. The predicted octanol–water partition coefficient (Wildman–Crippen LogP) is -1.36. The molecule has 2 aromatic rings. The van der Waals surface area contributed by atoms with Gasteiger partial charge in [0.1, 0.15) is 11.8 Å². The van der Waals surface area contributed by atoms with Crippen LogP contribution in [0.5, 0.6) is 0 Å². The summed E-state index contributed by atoms with van der Waals surface area (Å²) in [7, 11) is 0. The topological polar surface area (TPSA) is 156 Å². The molecule has 3 heterocycles. The van der Waals surface area contributed by atoms with Crippen molar-refractivity contribution in [3.8, 4) is 0 Å². The van der Waals surface area contributed by atoms with E-state index in [-0.39, 0.29) is 44.2 Å². The van der Waals surface area contributed by atoms with Crippen molar-refractivity contribution in [3.05, 3.63) is 12.7 Å². The summed E-state index contributed by atoms with van der Waals surface area (Å²) in [6.07, 6.45) is 2.31. The number of aliphatic hydroxyl groups is 2.